The van der Waals surface area contributed by atoms with Gasteiger partial charge >= 0.3 is 0 Å². The van der Waals surface area contributed by atoms with Crippen molar-refractivity contribution in [1.29, 1.82) is 0 Å². The van der Waals surface area contributed by atoms with Crippen LogP contribution in [0.5, 0.6) is 0 Å². The fourth-order valence-corrected chi connectivity index (χ4v) is 8.43. The van der Waals surface area contributed by atoms with Crippen LogP contribution in [0, 0.1) is 33.2 Å². The molecule has 0 bridgehead atoms. The van der Waals surface area contributed by atoms with Gasteiger partial charge in [0.1, 0.15) is 0 Å². The van der Waals surface area contributed by atoms with Crippen LogP contribution in [-0.4, -0.2) is 18.3 Å². The van der Waals surface area contributed by atoms with Crippen molar-refractivity contribution in [2.45, 2.75) is 204 Å². The molecule has 4 atom stereocenters. The molecule has 0 N–H and O–H groups in total. The van der Waals surface area contributed by atoms with Crippen LogP contribution in [-0.2, 0) is 93.2 Å². The van der Waals surface area contributed by atoms with E-state index in [1.165, 1.54) is 103 Å². The van der Waals surface area contributed by atoms with Crippen molar-refractivity contribution in [3.63, 3.8) is 0 Å². The van der Waals surface area contributed by atoms with E-state index in [2.05, 4.69) is 73.7 Å². The summed E-state index contributed by atoms with van der Waals surface area (Å²) < 4.78 is 10.2. The predicted octanol–water partition coefficient (Wildman–Crippen LogP) is 12.5. The first-order chi connectivity index (χ1) is 23.0. The fourth-order valence-electron chi connectivity index (χ4n) is 6.45. The molecule has 0 saturated carbocycles. The second-order valence-corrected chi connectivity index (χ2v) is 16.2. The van der Waals surface area contributed by atoms with Crippen LogP contribution in [0.15, 0.2) is 20.1 Å². The van der Waals surface area contributed by atoms with Gasteiger partial charge in [-0.25, -0.2) is 0 Å². The van der Waals surface area contributed by atoms with Gasteiger partial charge in [-0.1, -0.05) is 132 Å². The second-order valence-electron chi connectivity index (χ2n) is 13.9. The maximum atomic E-state index is 5.75. The number of hydrogen-bond donors (Lipinski definition) is 0. The minimum atomic E-state index is 0. The van der Waals surface area contributed by atoms with Gasteiger partial charge in [0.2, 0.25) is 0 Å². The van der Waals surface area contributed by atoms with Gasteiger partial charge in [0.15, 0.2) is 9.54 Å². The van der Waals surface area contributed by atoms with Gasteiger partial charge < -0.3 is 68.8 Å². The van der Waals surface area contributed by atoms with Crippen LogP contribution in [0.2, 0.25) is 0 Å². The Morgan fingerprint density at radius 3 is 0.735 bits per heavy atom. The molecular formula is C38H68N4NiS6-4. The Morgan fingerprint density at radius 2 is 0.592 bits per heavy atom. The molecule has 0 spiro atoms. The summed E-state index contributed by atoms with van der Waals surface area (Å²) in [7, 11) is 0. The quantitative estimate of drug-likeness (QED) is 0.0592. The Hall–Kier alpha value is 0.234. The number of nitrogens with zero attached hydrogens (tertiary/aromatic N) is 4. The van der Waals surface area contributed by atoms with E-state index >= 15 is 0 Å². The van der Waals surface area contributed by atoms with E-state index in [-0.39, 0.29) is 16.5 Å². The van der Waals surface area contributed by atoms with Crippen LogP contribution < -0.4 is 0 Å². The third-order valence-electron chi connectivity index (χ3n) is 10.2. The van der Waals surface area contributed by atoms with E-state index < -0.39 is 0 Å². The molecule has 0 amide bonds. The molecular weight excluding hydrogens is 764 g/mol. The summed E-state index contributed by atoms with van der Waals surface area (Å²) in [6.07, 6.45) is 19.7. The third-order valence-corrected chi connectivity index (χ3v) is 13.0. The van der Waals surface area contributed by atoms with Gasteiger partial charge in [-0.15, -0.1) is 20.1 Å². The zero-order valence-electron chi connectivity index (χ0n) is 32.0. The Morgan fingerprint density at radius 1 is 0.408 bits per heavy atom. The van der Waals surface area contributed by atoms with Crippen molar-refractivity contribution >= 4 is 75.0 Å². The first-order valence-corrected chi connectivity index (χ1v) is 21.8. The molecule has 49 heavy (non-hydrogen) atoms. The molecule has 2 aromatic rings. The molecule has 4 unspecified atom stereocenters. The predicted molar refractivity (Wildman–Crippen MR) is 222 cm³/mol. The number of aromatic nitrogens is 4. The topological polar surface area (TPSA) is 19.7 Å². The van der Waals surface area contributed by atoms with Gasteiger partial charge in [0.05, 0.1) is 0 Å². The summed E-state index contributed by atoms with van der Waals surface area (Å²) in [6, 6.07) is 0. The third kappa shape index (κ3) is 16.0. The Bertz CT molecular complexity index is 1080. The van der Waals surface area contributed by atoms with Crippen molar-refractivity contribution in [3.8, 4) is 0 Å². The maximum Gasteiger partial charge on any atom is 0.176 e. The van der Waals surface area contributed by atoms with E-state index in [1.54, 1.807) is 0 Å². The molecule has 0 radical (unpaired) electrons. The number of rotatable bonds is 24. The molecule has 2 aromatic heterocycles. The summed E-state index contributed by atoms with van der Waals surface area (Å²) >= 11 is 34.0. The number of unbranched alkanes of at least 4 members (excludes halogenated alkanes) is 4. The zero-order valence-corrected chi connectivity index (χ0v) is 37.9. The number of hydrogen-bond acceptors (Lipinski definition) is 6. The van der Waals surface area contributed by atoms with Crippen molar-refractivity contribution < 1.29 is 16.5 Å². The first kappa shape index (κ1) is 49.2. The molecule has 0 aliphatic heterocycles. The smallest absolute Gasteiger partial charge is 0.176 e. The molecule has 11 heteroatoms. The summed E-state index contributed by atoms with van der Waals surface area (Å²) in [6.45, 7) is 21.7. The normalized spacial score (nSPS) is 13.7. The molecule has 2 heterocycles. The largest absolute Gasteiger partial charge is 0.762 e. The van der Waals surface area contributed by atoms with Gasteiger partial charge in [-0.3, -0.25) is 0 Å². The van der Waals surface area contributed by atoms with Crippen LogP contribution >= 0.6 is 24.4 Å². The molecule has 0 aromatic carbocycles. The van der Waals surface area contributed by atoms with Gasteiger partial charge in [0.25, 0.3) is 0 Å². The van der Waals surface area contributed by atoms with Crippen molar-refractivity contribution in [1.82, 2.24) is 18.3 Å². The molecule has 0 aliphatic carbocycles. The Labute approximate surface area is 344 Å². The molecule has 290 valence electrons. The molecule has 0 aliphatic rings. The molecule has 0 fully saturated rings. The summed E-state index contributed by atoms with van der Waals surface area (Å²) in [5, 5.41) is 3.09. The maximum absolute atomic E-state index is 5.75. The van der Waals surface area contributed by atoms with Gasteiger partial charge in [-0.05, 0) is 73.8 Å². The average molecular weight is 832 g/mol. The van der Waals surface area contributed by atoms with Crippen molar-refractivity contribution in [2.75, 3.05) is 0 Å². The molecule has 4 nitrogen and oxygen atoms in total. The Balaban J connectivity index is 0.000000922. The fraction of sp³-hybridized carbons (Fsp3) is 0.842. The first-order valence-electron chi connectivity index (χ1n) is 19.3. The van der Waals surface area contributed by atoms with E-state index in [1.807, 2.05) is 0 Å². The van der Waals surface area contributed by atoms with Crippen molar-refractivity contribution in [3.05, 3.63) is 9.54 Å². The van der Waals surface area contributed by atoms with Gasteiger partial charge in [-0.2, -0.15) is 0 Å². The van der Waals surface area contributed by atoms with E-state index in [4.69, 9.17) is 75.0 Å². The van der Waals surface area contributed by atoms with Crippen LogP contribution in [0.3, 0.4) is 0 Å². The second kappa shape index (κ2) is 27.8. The van der Waals surface area contributed by atoms with Crippen LogP contribution in [0.25, 0.3) is 0 Å². The van der Waals surface area contributed by atoms with E-state index in [0.29, 0.717) is 23.7 Å². The van der Waals surface area contributed by atoms with Crippen LogP contribution in [0.4, 0.5) is 0 Å². The SMILES string of the molecule is CCCCC(CC)Cn1c([S-])c([S-])n(CC(CC)CCCC)c1=S.CCCCC(CC)Cn1c([S-])c([S-])n(CC(CC)CCCC)c1=S.[Ni]. The number of imidazole rings is 2. The summed E-state index contributed by atoms with van der Waals surface area (Å²) in [5.74, 6) is 2.58. The minimum absolute atomic E-state index is 0. The van der Waals surface area contributed by atoms with Crippen molar-refractivity contribution in [2.24, 2.45) is 23.7 Å². The van der Waals surface area contributed by atoms with Crippen LogP contribution in [0.1, 0.15) is 158 Å². The molecule has 2 rings (SSSR count). The average Bonchev–Trinajstić information content (AvgIpc) is 3.41. The van der Waals surface area contributed by atoms with E-state index in [9.17, 15) is 0 Å². The van der Waals surface area contributed by atoms with E-state index in [0.717, 1.165) is 55.8 Å². The van der Waals surface area contributed by atoms with Gasteiger partial charge in [0, 0.05) is 42.7 Å². The zero-order chi connectivity index (χ0) is 36.2. The standard InChI is InChI=1S/2C19H36N2S3.Ni/c2*1-5-9-11-15(7-3)13-20-17(22)18(23)21(19(20)24)14-16(8-4)12-10-6-2;/h2*15-16,22-23H,5-14H2,1-4H3;/p-4. The minimum Gasteiger partial charge on any atom is -0.762 e. The summed E-state index contributed by atoms with van der Waals surface area (Å²) in [4.78, 5) is 0. The monoisotopic (exact) mass is 830 g/mol. The summed E-state index contributed by atoms with van der Waals surface area (Å²) in [5.41, 5.74) is 0. The Kier molecular flexibility index (Phi) is 27.9. The molecule has 0 saturated heterocycles.